The van der Waals surface area contributed by atoms with Crippen LogP contribution >= 0.6 is 11.3 Å². The van der Waals surface area contributed by atoms with E-state index < -0.39 is 0 Å². The van der Waals surface area contributed by atoms with E-state index >= 15 is 0 Å². The Morgan fingerprint density at radius 1 is 1.62 bits per heavy atom. The van der Waals surface area contributed by atoms with Gasteiger partial charge in [0.2, 0.25) is 0 Å². The molecule has 3 heteroatoms. The molecule has 2 N–H and O–H groups in total. The van der Waals surface area contributed by atoms with Gasteiger partial charge < -0.3 is 10.4 Å². The molecule has 0 aromatic carbocycles. The maximum Gasteiger partial charge on any atom is 0.0570 e. The first-order valence-corrected chi connectivity index (χ1v) is 5.61. The average molecular weight is 197 g/mol. The molecule has 1 unspecified atom stereocenters. The Morgan fingerprint density at radius 2 is 2.38 bits per heavy atom. The van der Waals surface area contributed by atoms with Gasteiger partial charge in [0.1, 0.15) is 0 Å². The first kappa shape index (κ1) is 9.19. The standard InChI is InChI=1S/C10H15NOS/c1-7(10-3-2-4-13-10)11-8-5-9(12)6-8/h2-4,7-9,11-12H,5-6H2,1H3. The highest BCUT2D eigenvalue weighted by Crippen LogP contribution is 2.25. The van der Waals surface area contributed by atoms with Gasteiger partial charge in [-0.15, -0.1) is 11.3 Å². The van der Waals surface area contributed by atoms with E-state index in [1.54, 1.807) is 11.3 Å². The Hall–Kier alpha value is -0.380. The molecule has 0 amide bonds. The molecule has 1 saturated carbocycles. The number of thiophene rings is 1. The number of hydrogen-bond donors (Lipinski definition) is 2. The van der Waals surface area contributed by atoms with Crippen molar-refractivity contribution in [2.45, 2.75) is 38.0 Å². The molecule has 1 aromatic heterocycles. The number of aliphatic hydroxyl groups is 1. The van der Waals surface area contributed by atoms with Gasteiger partial charge in [0.25, 0.3) is 0 Å². The Balaban J connectivity index is 1.82. The summed E-state index contributed by atoms with van der Waals surface area (Å²) < 4.78 is 0. The van der Waals surface area contributed by atoms with Gasteiger partial charge in [-0.3, -0.25) is 0 Å². The number of aliphatic hydroxyl groups excluding tert-OH is 1. The van der Waals surface area contributed by atoms with E-state index in [4.69, 9.17) is 5.11 Å². The molecule has 0 saturated heterocycles. The molecule has 1 atom stereocenters. The van der Waals surface area contributed by atoms with Gasteiger partial charge in [-0.05, 0) is 31.2 Å². The molecule has 2 nitrogen and oxygen atoms in total. The van der Waals surface area contributed by atoms with E-state index in [0.717, 1.165) is 12.8 Å². The molecule has 0 spiro atoms. The Bertz CT molecular complexity index is 254. The lowest BCUT2D eigenvalue weighted by Gasteiger charge is -2.34. The van der Waals surface area contributed by atoms with Crippen LogP contribution in [0.15, 0.2) is 17.5 Å². The second kappa shape index (κ2) is 3.78. The minimum Gasteiger partial charge on any atom is -0.393 e. The number of nitrogens with one attached hydrogen (secondary N) is 1. The van der Waals surface area contributed by atoms with Crippen LogP contribution in [-0.4, -0.2) is 17.3 Å². The van der Waals surface area contributed by atoms with Crippen molar-refractivity contribution in [1.82, 2.24) is 5.32 Å². The molecule has 13 heavy (non-hydrogen) atoms. The highest BCUT2D eigenvalue weighted by atomic mass is 32.1. The fourth-order valence-corrected chi connectivity index (χ4v) is 2.44. The van der Waals surface area contributed by atoms with Crippen molar-refractivity contribution in [2.75, 3.05) is 0 Å². The van der Waals surface area contributed by atoms with Crippen molar-refractivity contribution in [3.05, 3.63) is 22.4 Å². The van der Waals surface area contributed by atoms with Crippen LogP contribution in [0.3, 0.4) is 0 Å². The quantitative estimate of drug-likeness (QED) is 0.776. The molecule has 0 aliphatic heterocycles. The van der Waals surface area contributed by atoms with E-state index in [0.29, 0.717) is 12.1 Å². The Labute approximate surface area is 82.6 Å². The summed E-state index contributed by atoms with van der Waals surface area (Å²) in [4.78, 5) is 1.38. The van der Waals surface area contributed by atoms with Crippen LogP contribution in [0, 0.1) is 0 Å². The summed E-state index contributed by atoms with van der Waals surface area (Å²) in [5.74, 6) is 0. The summed E-state index contributed by atoms with van der Waals surface area (Å²) >= 11 is 1.78. The van der Waals surface area contributed by atoms with E-state index in [1.807, 2.05) is 0 Å². The minimum atomic E-state index is -0.0620. The molecule has 0 radical (unpaired) electrons. The van der Waals surface area contributed by atoms with Crippen LogP contribution in [0.4, 0.5) is 0 Å². The first-order chi connectivity index (χ1) is 6.25. The van der Waals surface area contributed by atoms with Crippen LogP contribution < -0.4 is 5.32 Å². The molecule has 1 fully saturated rings. The summed E-state index contributed by atoms with van der Waals surface area (Å²) in [6, 6.07) is 5.18. The normalized spacial score (nSPS) is 29.7. The van der Waals surface area contributed by atoms with E-state index in [9.17, 15) is 0 Å². The third-order valence-electron chi connectivity index (χ3n) is 2.57. The molecule has 1 aliphatic carbocycles. The molecular weight excluding hydrogens is 182 g/mol. The van der Waals surface area contributed by atoms with Crippen LogP contribution in [0.1, 0.15) is 30.7 Å². The summed E-state index contributed by atoms with van der Waals surface area (Å²) in [6.07, 6.45) is 1.76. The van der Waals surface area contributed by atoms with Crippen molar-refractivity contribution >= 4 is 11.3 Å². The van der Waals surface area contributed by atoms with Gasteiger partial charge in [-0.25, -0.2) is 0 Å². The van der Waals surface area contributed by atoms with Crippen molar-refractivity contribution in [3.63, 3.8) is 0 Å². The summed E-state index contributed by atoms with van der Waals surface area (Å²) in [5, 5.41) is 14.7. The van der Waals surface area contributed by atoms with Crippen LogP contribution in [-0.2, 0) is 0 Å². The van der Waals surface area contributed by atoms with Crippen molar-refractivity contribution in [3.8, 4) is 0 Å². The topological polar surface area (TPSA) is 32.3 Å². The average Bonchev–Trinajstić information content (AvgIpc) is 2.53. The van der Waals surface area contributed by atoms with Gasteiger partial charge in [0, 0.05) is 17.0 Å². The van der Waals surface area contributed by atoms with Crippen molar-refractivity contribution in [2.24, 2.45) is 0 Å². The molecular formula is C10H15NOS. The zero-order chi connectivity index (χ0) is 9.26. The molecule has 1 aromatic rings. The van der Waals surface area contributed by atoms with Crippen LogP contribution in [0.25, 0.3) is 0 Å². The van der Waals surface area contributed by atoms with E-state index in [2.05, 4.69) is 29.8 Å². The highest BCUT2D eigenvalue weighted by Gasteiger charge is 2.28. The van der Waals surface area contributed by atoms with Crippen LogP contribution in [0.2, 0.25) is 0 Å². The Morgan fingerprint density at radius 3 is 2.92 bits per heavy atom. The zero-order valence-electron chi connectivity index (χ0n) is 7.73. The lowest BCUT2D eigenvalue weighted by molar-refractivity contribution is 0.0587. The fraction of sp³-hybridized carbons (Fsp3) is 0.600. The monoisotopic (exact) mass is 197 g/mol. The van der Waals surface area contributed by atoms with Crippen LogP contribution in [0.5, 0.6) is 0 Å². The number of rotatable bonds is 3. The lowest BCUT2D eigenvalue weighted by atomic mass is 9.89. The van der Waals surface area contributed by atoms with E-state index in [-0.39, 0.29) is 6.10 Å². The Kier molecular flexibility index (Phi) is 2.67. The fourth-order valence-electron chi connectivity index (χ4n) is 1.70. The van der Waals surface area contributed by atoms with E-state index in [1.165, 1.54) is 4.88 Å². The molecule has 72 valence electrons. The minimum absolute atomic E-state index is 0.0620. The summed E-state index contributed by atoms with van der Waals surface area (Å²) in [6.45, 7) is 2.18. The predicted octanol–water partition coefficient (Wildman–Crippen LogP) is 1.92. The molecule has 0 bridgehead atoms. The largest absolute Gasteiger partial charge is 0.393 e. The number of hydrogen-bond acceptors (Lipinski definition) is 3. The summed E-state index contributed by atoms with van der Waals surface area (Å²) in [5.41, 5.74) is 0. The maximum absolute atomic E-state index is 9.12. The van der Waals surface area contributed by atoms with Gasteiger partial charge in [-0.2, -0.15) is 0 Å². The smallest absolute Gasteiger partial charge is 0.0570 e. The zero-order valence-corrected chi connectivity index (χ0v) is 8.55. The third-order valence-corrected chi connectivity index (χ3v) is 3.62. The second-order valence-electron chi connectivity index (χ2n) is 3.73. The SMILES string of the molecule is CC(NC1CC(O)C1)c1cccs1. The lowest BCUT2D eigenvalue weighted by Crippen LogP contribution is -2.44. The second-order valence-corrected chi connectivity index (χ2v) is 4.71. The van der Waals surface area contributed by atoms with Gasteiger partial charge in [0.05, 0.1) is 6.10 Å². The first-order valence-electron chi connectivity index (χ1n) is 4.73. The molecule has 2 rings (SSSR count). The van der Waals surface area contributed by atoms with Gasteiger partial charge in [-0.1, -0.05) is 6.07 Å². The maximum atomic E-state index is 9.12. The van der Waals surface area contributed by atoms with Gasteiger partial charge >= 0.3 is 0 Å². The highest BCUT2D eigenvalue weighted by molar-refractivity contribution is 7.10. The predicted molar refractivity (Wildman–Crippen MR) is 54.9 cm³/mol. The molecule has 1 heterocycles. The van der Waals surface area contributed by atoms with Crippen molar-refractivity contribution < 1.29 is 5.11 Å². The third kappa shape index (κ3) is 2.10. The summed E-state index contributed by atoms with van der Waals surface area (Å²) in [7, 11) is 0. The van der Waals surface area contributed by atoms with Gasteiger partial charge in [0.15, 0.2) is 0 Å². The molecule has 1 aliphatic rings. The van der Waals surface area contributed by atoms with Crippen molar-refractivity contribution in [1.29, 1.82) is 0 Å².